The van der Waals surface area contributed by atoms with Gasteiger partial charge in [-0.15, -0.1) is 13.2 Å². The van der Waals surface area contributed by atoms with Crippen LogP contribution in [0, 0.1) is 0 Å². The SMILES string of the molecule is O=C(c1ccoc1)N1CCC(Nc2ccc(Br)cc2OC(F)(F)F)CC1. The number of anilines is 1. The van der Waals surface area contributed by atoms with Gasteiger partial charge >= 0.3 is 6.36 Å². The molecule has 1 amide bonds. The van der Waals surface area contributed by atoms with Crippen molar-refractivity contribution >= 4 is 27.5 Å². The summed E-state index contributed by atoms with van der Waals surface area (Å²) in [6.07, 6.45) is -0.694. The molecule has 9 heteroatoms. The van der Waals surface area contributed by atoms with Crippen LogP contribution in [0.5, 0.6) is 5.75 Å². The van der Waals surface area contributed by atoms with Crippen LogP contribution in [0.4, 0.5) is 18.9 Å². The molecule has 1 saturated heterocycles. The minimum Gasteiger partial charge on any atom is -0.472 e. The summed E-state index contributed by atoms with van der Waals surface area (Å²) in [5, 5.41) is 3.09. The fourth-order valence-electron chi connectivity index (χ4n) is 2.84. The number of alkyl halides is 3. The zero-order valence-corrected chi connectivity index (χ0v) is 15.1. The second-order valence-corrected chi connectivity index (χ2v) is 6.83. The Labute approximate surface area is 156 Å². The summed E-state index contributed by atoms with van der Waals surface area (Å²) in [4.78, 5) is 14.0. The number of hydrogen-bond donors (Lipinski definition) is 1. The first kappa shape index (κ1) is 18.6. The third-order valence-corrected chi connectivity index (χ3v) is 4.57. The molecule has 2 aromatic rings. The van der Waals surface area contributed by atoms with E-state index in [0.717, 1.165) is 0 Å². The van der Waals surface area contributed by atoms with Crippen molar-refractivity contribution in [2.24, 2.45) is 0 Å². The smallest absolute Gasteiger partial charge is 0.472 e. The average Bonchev–Trinajstić information content (AvgIpc) is 3.10. The number of furan rings is 1. The Bertz CT molecular complexity index is 757. The molecule has 26 heavy (non-hydrogen) atoms. The van der Waals surface area contributed by atoms with Crippen molar-refractivity contribution in [3.63, 3.8) is 0 Å². The van der Waals surface area contributed by atoms with Crippen LogP contribution in [0.25, 0.3) is 0 Å². The maximum atomic E-state index is 12.6. The number of rotatable bonds is 4. The second kappa shape index (κ2) is 7.61. The van der Waals surface area contributed by atoms with E-state index in [0.29, 0.717) is 36.0 Å². The molecule has 1 aliphatic rings. The summed E-state index contributed by atoms with van der Waals surface area (Å²) in [7, 11) is 0. The van der Waals surface area contributed by atoms with Crippen molar-refractivity contribution in [2.75, 3.05) is 18.4 Å². The lowest BCUT2D eigenvalue weighted by Crippen LogP contribution is -2.42. The Morgan fingerprint density at radius 3 is 2.62 bits per heavy atom. The van der Waals surface area contributed by atoms with E-state index in [1.54, 1.807) is 17.0 Å². The third-order valence-electron chi connectivity index (χ3n) is 4.08. The minimum atomic E-state index is -4.77. The molecule has 0 aliphatic carbocycles. The molecule has 1 aliphatic heterocycles. The van der Waals surface area contributed by atoms with E-state index in [4.69, 9.17) is 4.42 Å². The first-order valence-electron chi connectivity index (χ1n) is 7.95. The quantitative estimate of drug-likeness (QED) is 0.763. The summed E-state index contributed by atoms with van der Waals surface area (Å²) >= 11 is 3.14. The highest BCUT2D eigenvalue weighted by Gasteiger charge is 2.33. The van der Waals surface area contributed by atoms with E-state index < -0.39 is 6.36 Å². The van der Waals surface area contributed by atoms with Crippen molar-refractivity contribution in [1.29, 1.82) is 0 Å². The summed E-state index contributed by atoms with van der Waals surface area (Å²) in [6.45, 7) is 1.02. The molecule has 0 unspecified atom stereocenters. The zero-order chi connectivity index (χ0) is 18.7. The van der Waals surface area contributed by atoms with Crippen LogP contribution in [0.2, 0.25) is 0 Å². The molecule has 1 aromatic heterocycles. The number of nitrogens with zero attached hydrogens (tertiary/aromatic N) is 1. The van der Waals surface area contributed by atoms with Gasteiger partial charge in [-0.1, -0.05) is 15.9 Å². The van der Waals surface area contributed by atoms with Crippen LogP contribution in [0.1, 0.15) is 23.2 Å². The number of hydrogen-bond acceptors (Lipinski definition) is 4. The summed E-state index contributed by atoms with van der Waals surface area (Å²) in [6, 6.07) is 6.00. The lowest BCUT2D eigenvalue weighted by molar-refractivity contribution is -0.274. The van der Waals surface area contributed by atoms with Crippen LogP contribution in [-0.2, 0) is 0 Å². The molecule has 1 aromatic carbocycles. The van der Waals surface area contributed by atoms with Crippen LogP contribution in [-0.4, -0.2) is 36.3 Å². The van der Waals surface area contributed by atoms with Crippen LogP contribution < -0.4 is 10.1 Å². The average molecular weight is 433 g/mol. The molecule has 1 N–H and O–H groups in total. The Morgan fingerprint density at radius 2 is 2.00 bits per heavy atom. The number of amides is 1. The van der Waals surface area contributed by atoms with Crippen molar-refractivity contribution in [3.05, 3.63) is 46.8 Å². The van der Waals surface area contributed by atoms with Crippen LogP contribution in [0.15, 0.2) is 45.7 Å². The van der Waals surface area contributed by atoms with Gasteiger partial charge in [0, 0.05) is 23.6 Å². The van der Waals surface area contributed by atoms with E-state index in [9.17, 15) is 18.0 Å². The molecule has 0 radical (unpaired) electrons. The predicted molar refractivity (Wildman–Crippen MR) is 92.1 cm³/mol. The minimum absolute atomic E-state index is 0.0554. The molecular weight excluding hydrogens is 417 g/mol. The predicted octanol–water partition coefficient (Wildman–Crippen LogP) is 4.66. The Kier molecular flexibility index (Phi) is 5.45. The van der Waals surface area contributed by atoms with Gasteiger partial charge in [0.05, 0.1) is 17.5 Å². The number of ether oxygens (including phenoxy) is 1. The van der Waals surface area contributed by atoms with Gasteiger partial charge < -0.3 is 19.4 Å². The van der Waals surface area contributed by atoms with Crippen molar-refractivity contribution in [3.8, 4) is 5.75 Å². The van der Waals surface area contributed by atoms with E-state index in [1.807, 2.05) is 0 Å². The topological polar surface area (TPSA) is 54.7 Å². The van der Waals surface area contributed by atoms with Gasteiger partial charge in [-0.2, -0.15) is 0 Å². The zero-order valence-electron chi connectivity index (χ0n) is 13.6. The number of likely N-dealkylation sites (tertiary alicyclic amines) is 1. The van der Waals surface area contributed by atoms with Crippen molar-refractivity contribution in [1.82, 2.24) is 4.90 Å². The van der Waals surface area contributed by atoms with Gasteiger partial charge in [0.15, 0.2) is 5.75 Å². The highest BCUT2D eigenvalue weighted by Crippen LogP contribution is 2.34. The standard InChI is InChI=1S/C17H16BrF3N2O3/c18-12-1-2-14(15(9-12)26-17(19,20)21)22-13-3-6-23(7-4-13)16(24)11-5-8-25-10-11/h1-2,5,8-10,13,22H,3-4,6-7H2. The molecule has 0 bridgehead atoms. The largest absolute Gasteiger partial charge is 0.573 e. The second-order valence-electron chi connectivity index (χ2n) is 5.91. The number of piperidine rings is 1. The molecule has 3 rings (SSSR count). The van der Waals surface area contributed by atoms with E-state index in [2.05, 4.69) is 26.0 Å². The Balaban J connectivity index is 1.62. The number of carbonyl (C=O) groups excluding carboxylic acids is 1. The van der Waals surface area contributed by atoms with Gasteiger partial charge in [-0.3, -0.25) is 4.79 Å². The highest BCUT2D eigenvalue weighted by molar-refractivity contribution is 9.10. The van der Waals surface area contributed by atoms with Crippen molar-refractivity contribution < 1.29 is 27.1 Å². The molecule has 0 atom stereocenters. The van der Waals surface area contributed by atoms with Crippen LogP contribution in [0.3, 0.4) is 0 Å². The van der Waals surface area contributed by atoms with Gasteiger partial charge in [-0.05, 0) is 37.1 Å². The van der Waals surface area contributed by atoms with Gasteiger partial charge in [0.2, 0.25) is 0 Å². The van der Waals surface area contributed by atoms with E-state index >= 15 is 0 Å². The summed E-state index contributed by atoms with van der Waals surface area (Å²) in [5.74, 6) is -0.397. The molecule has 1 fully saturated rings. The Morgan fingerprint density at radius 1 is 1.27 bits per heavy atom. The number of nitrogens with one attached hydrogen (secondary N) is 1. The number of benzene rings is 1. The monoisotopic (exact) mass is 432 g/mol. The lowest BCUT2D eigenvalue weighted by Gasteiger charge is -2.33. The normalized spacial score (nSPS) is 15.8. The molecular formula is C17H16BrF3N2O3. The van der Waals surface area contributed by atoms with Gasteiger partial charge in [0.25, 0.3) is 5.91 Å². The van der Waals surface area contributed by atoms with Gasteiger partial charge in [0.1, 0.15) is 6.26 Å². The molecule has 0 spiro atoms. The first-order chi connectivity index (χ1) is 12.3. The fourth-order valence-corrected chi connectivity index (χ4v) is 3.18. The Hall–Kier alpha value is -2.16. The van der Waals surface area contributed by atoms with E-state index in [-0.39, 0.29) is 23.4 Å². The molecule has 5 nitrogen and oxygen atoms in total. The van der Waals surface area contributed by atoms with Gasteiger partial charge in [-0.25, -0.2) is 0 Å². The highest BCUT2D eigenvalue weighted by atomic mass is 79.9. The first-order valence-corrected chi connectivity index (χ1v) is 8.74. The van der Waals surface area contributed by atoms with Crippen LogP contribution >= 0.6 is 15.9 Å². The lowest BCUT2D eigenvalue weighted by atomic mass is 10.0. The third kappa shape index (κ3) is 4.72. The summed E-state index contributed by atoms with van der Waals surface area (Å²) in [5.41, 5.74) is 0.760. The number of halogens is 4. The molecule has 140 valence electrons. The van der Waals surface area contributed by atoms with Crippen molar-refractivity contribution in [2.45, 2.75) is 25.2 Å². The fraction of sp³-hybridized carbons (Fsp3) is 0.353. The van der Waals surface area contributed by atoms with E-state index in [1.165, 1.54) is 24.7 Å². The number of carbonyl (C=O) groups is 1. The molecule has 2 heterocycles. The molecule has 0 saturated carbocycles. The summed E-state index contributed by atoms with van der Waals surface area (Å²) < 4.78 is 47.3. The maximum Gasteiger partial charge on any atom is 0.573 e. The maximum absolute atomic E-state index is 12.6.